The van der Waals surface area contributed by atoms with Gasteiger partial charge in [-0.25, -0.2) is 4.98 Å². The number of aromatic nitrogens is 1. The van der Waals surface area contributed by atoms with Crippen LogP contribution in [0.15, 0.2) is 18.2 Å². The smallest absolute Gasteiger partial charge is 0.122 e. The second-order valence-corrected chi connectivity index (χ2v) is 6.14. The van der Waals surface area contributed by atoms with Crippen molar-refractivity contribution in [2.45, 2.75) is 19.4 Å². The normalized spacial score (nSPS) is 14.2. The van der Waals surface area contributed by atoms with Crippen LogP contribution in [0.1, 0.15) is 21.1 Å². The Bertz CT molecular complexity index is 574. The van der Waals surface area contributed by atoms with Crippen molar-refractivity contribution in [3.8, 4) is 5.75 Å². The largest absolute Gasteiger partial charge is 0.496 e. The van der Waals surface area contributed by atoms with Crippen molar-refractivity contribution in [2.24, 2.45) is 0 Å². The zero-order chi connectivity index (χ0) is 13.2. The summed E-state index contributed by atoms with van der Waals surface area (Å²) in [5.41, 5.74) is 2.34. The van der Waals surface area contributed by atoms with Crippen LogP contribution in [-0.4, -0.2) is 18.6 Å². The molecule has 100 valence electrons. The van der Waals surface area contributed by atoms with Crippen LogP contribution in [0.3, 0.4) is 0 Å². The molecule has 5 heteroatoms. The second kappa shape index (κ2) is 5.49. The molecular formula is C14H15ClN2OS. The van der Waals surface area contributed by atoms with Gasteiger partial charge in [-0.15, -0.1) is 11.3 Å². The fourth-order valence-electron chi connectivity index (χ4n) is 2.30. The summed E-state index contributed by atoms with van der Waals surface area (Å²) >= 11 is 7.84. The number of hydrogen-bond donors (Lipinski definition) is 1. The summed E-state index contributed by atoms with van der Waals surface area (Å²) in [4.78, 5) is 6.09. The molecule has 2 aromatic rings. The molecule has 0 saturated heterocycles. The van der Waals surface area contributed by atoms with Gasteiger partial charge in [0, 0.05) is 41.4 Å². The van der Waals surface area contributed by atoms with E-state index in [2.05, 4.69) is 5.32 Å². The molecule has 0 fully saturated rings. The number of benzene rings is 1. The highest BCUT2D eigenvalue weighted by molar-refractivity contribution is 7.11. The van der Waals surface area contributed by atoms with Crippen molar-refractivity contribution in [2.75, 3.05) is 13.7 Å². The third-order valence-electron chi connectivity index (χ3n) is 3.23. The summed E-state index contributed by atoms with van der Waals surface area (Å²) in [5.74, 6) is 0.871. The van der Waals surface area contributed by atoms with E-state index in [4.69, 9.17) is 21.3 Å². The molecule has 1 aromatic heterocycles. The molecule has 1 aliphatic heterocycles. The van der Waals surface area contributed by atoms with E-state index < -0.39 is 0 Å². The molecule has 2 heterocycles. The van der Waals surface area contributed by atoms with Gasteiger partial charge in [-0.2, -0.15) is 0 Å². The first-order valence-corrected chi connectivity index (χ1v) is 7.46. The minimum Gasteiger partial charge on any atom is -0.496 e. The fourth-order valence-corrected chi connectivity index (χ4v) is 3.61. The molecule has 0 atom stereocenters. The molecule has 3 rings (SSSR count). The van der Waals surface area contributed by atoms with Gasteiger partial charge in [0.2, 0.25) is 0 Å². The molecule has 1 N–H and O–H groups in total. The average molecular weight is 295 g/mol. The van der Waals surface area contributed by atoms with E-state index in [0.29, 0.717) is 0 Å². The Labute approximate surface area is 121 Å². The first-order chi connectivity index (χ1) is 9.26. The minimum absolute atomic E-state index is 0.735. The topological polar surface area (TPSA) is 34.1 Å². The van der Waals surface area contributed by atoms with Crippen molar-refractivity contribution in [3.05, 3.63) is 44.4 Å². The third kappa shape index (κ3) is 2.76. The van der Waals surface area contributed by atoms with Crippen molar-refractivity contribution >= 4 is 22.9 Å². The summed E-state index contributed by atoms with van der Waals surface area (Å²) in [7, 11) is 1.68. The lowest BCUT2D eigenvalue weighted by Gasteiger charge is -2.09. The van der Waals surface area contributed by atoms with E-state index in [-0.39, 0.29) is 0 Å². The van der Waals surface area contributed by atoms with E-state index in [1.807, 2.05) is 18.2 Å². The highest BCUT2D eigenvalue weighted by Crippen LogP contribution is 2.28. The van der Waals surface area contributed by atoms with Crippen LogP contribution < -0.4 is 10.1 Å². The molecule has 0 aliphatic carbocycles. The minimum atomic E-state index is 0.735. The third-order valence-corrected chi connectivity index (χ3v) is 4.56. The number of hydrogen-bond acceptors (Lipinski definition) is 4. The summed E-state index contributed by atoms with van der Waals surface area (Å²) in [6.45, 7) is 1.97. The Hall–Kier alpha value is -1.10. The number of nitrogens with one attached hydrogen (secondary N) is 1. The Balaban J connectivity index is 1.88. The number of rotatable bonds is 3. The van der Waals surface area contributed by atoms with Gasteiger partial charge in [-0.05, 0) is 18.2 Å². The van der Waals surface area contributed by atoms with E-state index in [1.54, 1.807) is 18.4 Å². The lowest BCUT2D eigenvalue weighted by molar-refractivity contribution is 0.410. The van der Waals surface area contributed by atoms with Crippen LogP contribution in [0.25, 0.3) is 0 Å². The molecule has 1 aliphatic rings. The molecule has 0 saturated carbocycles. The molecule has 3 nitrogen and oxygen atoms in total. The predicted octanol–water partition coefficient (Wildman–Crippen LogP) is 3.04. The molecule has 0 bridgehead atoms. The number of halogens is 1. The summed E-state index contributed by atoms with van der Waals surface area (Å²) in [6.07, 6.45) is 1.81. The monoisotopic (exact) mass is 294 g/mol. The average Bonchev–Trinajstić information content (AvgIpc) is 2.81. The van der Waals surface area contributed by atoms with Gasteiger partial charge in [0.15, 0.2) is 0 Å². The zero-order valence-corrected chi connectivity index (χ0v) is 12.3. The maximum Gasteiger partial charge on any atom is 0.122 e. The highest BCUT2D eigenvalue weighted by atomic mass is 35.5. The Morgan fingerprint density at radius 3 is 3.16 bits per heavy atom. The van der Waals surface area contributed by atoms with E-state index in [1.165, 1.54) is 10.6 Å². The number of nitrogens with zero attached hydrogens (tertiary/aromatic N) is 1. The van der Waals surface area contributed by atoms with Crippen molar-refractivity contribution in [3.63, 3.8) is 0 Å². The Kier molecular flexibility index (Phi) is 3.73. The molecule has 0 radical (unpaired) electrons. The molecule has 1 aromatic carbocycles. The molecular weight excluding hydrogens is 280 g/mol. The number of ether oxygens (including phenoxy) is 1. The van der Waals surface area contributed by atoms with Gasteiger partial charge in [0.1, 0.15) is 5.75 Å². The Morgan fingerprint density at radius 2 is 2.37 bits per heavy atom. The van der Waals surface area contributed by atoms with Gasteiger partial charge >= 0.3 is 0 Å². The first-order valence-electron chi connectivity index (χ1n) is 6.27. The summed E-state index contributed by atoms with van der Waals surface area (Å²) in [5, 5.41) is 5.24. The van der Waals surface area contributed by atoms with Crippen LogP contribution in [0.5, 0.6) is 5.75 Å². The number of fused-ring (bicyclic) bond motifs is 1. The van der Waals surface area contributed by atoms with E-state index in [0.717, 1.165) is 47.3 Å². The molecule has 0 spiro atoms. The molecule has 0 unspecified atom stereocenters. The number of methoxy groups -OCH3 is 1. The predicted molar refractivity (Wildman–Crippen MR) is 78.3 cm³/mol. The lowest BCUT2D eigenvalue weighted by Crippen LogP contribution is -2.22. The van der Waals surface area contributed by atoms with Gasteiger partial charge in [0.05, 0.1) is 17.8 Å². The quantitative estimate of drug-likeness (QED) is 0.945. The summed E-state index contributed by atoms with van der Waals surface area (Å²) in [6, 6.07) is 5.71. The number of thiazole rings is 1. The first kappa shape index (κ1) is 12.9. The van der Waals surface area contributed by atoms with Gasteiger partial charge in [-0.3, -0.25) is 0 Å². The zero-order valence-electron chi connectivity index (χ0n) is 10.7. The van der Waals surface area contributed by atoms with E-state index >= 15 is 0 Å². The maximum atomic E-state index is 6.06. The molecule has 0 amide bonds. The van der Waals surface area contributed by atoms with Gasteiger partial charge < -0.3 is 10.1 Å². The summed E-state index contributed by atoms with van der Waals surface area (Å²) < 4.78 is 5.38. The van der Waals surface area contributed by atoms with Crippen LogP contribution in [0.4, 0.5) is 0 Å². The highest BCUT2D eigenvalue weighted by Gasteiger charge is 2.16. The van der Waals surface area contributed by atoms with Crippen LogP contribution in [0.2, 0.25) is 5.02 Å². The lowest BCUT2D eigenvalue weighted by atomic mass is 10.1. The molecule has 19 heavy (non-hydrogen) atoms. The van der Waals surface area contributed by atoms with E-state index in [9.17, 15) is 0 Å². The van der Waals surface area contributed by atoms with Crippen LogP contribution >= 0.6 is 22.9 Å². The van der Waals surface area contributed by atoms with Gasteiger partial charge in [0.25, 0.3) is 0 Å². The van der Waals surface area contributed by atoms with Crippen LogP contribution in [-0.2, 0) is 19.4 Å². The van der Waals surface area contributed by atoms with Crippen molar-refractivity contribution in [1.82, 2.24) is 10.3 Å². The SMILES string of the molecule is COc1ccc(Cl)cc1Cc1nc2c(s1)CNCC2. The van der Waals surface area contributed by atoms with Crippen molar-refractivity contribution in [1.29, 1.82) is 0 Å². The maximum absolute atomic E-state index is 6.06. The standard InChI is InChI=1S/C14H15ClN2OS/c1-18-12-3-2-10(15)6-9(12)7-14-17-11-4-5-16-8-13(11)19-14/h2-3,6,16H,4-5,7-8H2,1H3. The fraction of sp³-hybridized carbons (Fsp3) is 0.357. The Morgan fingerprint density at radius 1 is 1.47 bits per heavy atom. The second-order valence-electron chi connectivity index (χ2n) is 4.54. The van der Waals surface area contributed by atoms with Crippen molar-refractivity contribution < 1.29 is 4.74 Å². The van der Waals surface area contributed by atoms with Crippen LogP contribution in [0, 0.1) is 0 Å². The van der Waals surface area contributed by atoms with Gasteiger partial charge in [-0.1, -0.05) is 11.6 Å².